The van der Waals surface area contributed by atoms with Gasteiger partial charge in [0.25, 0.3) is 16.0 Å². The van der Waals surface area contributed by atoms with E-state index in [-0.39, 0.29) is 32.5 Å². The molecule has 0 heterocycles. The molecule has 4 aromatic rings. The van der Waals surface area contributed by atoms with Gasteiger partial charge >= 0.3 is 0 Å². The number of hydrogen-bond donors (Lipinski definition) is 3. The first-order valence-corrected chi connectivity index (χ1v) is 13.4. The second-order valence-corrected chi connectivity index (χ2v) is 10.3. The summed E-state index contributed by atoms with van der Waals surface area (Å²) in [6.07, 6.45) is 0. The standard InChI is InChI=1S/C26H21Cl2N3O6S/c1-3-37-17-8-9-22(21(28)13-17)29-26(33)19-10-15-6-4-5-7-18(15)24(25(19)32)31-30-16-11-20(27)14(2)23(12-16)38(34,35)36/h4-13,32H,3H2,1-2H3,(H,29,33)(H,34,35,36). The van der Waals surface area contributed by atoms with Crippen molar-refractivity contribution < 1.29 is 27.6 Å². The molecule has 9 nitrogen and oxygen atoms in total. The number of nitrogens with one attached hydrogen (secondary N) is 1. The molecule has 0 bridgehead atoms. The summed E-state index contributed by atoms with van der Waals surface area (Å²) in [5.74, 6) is -0.567. The number of carbonyl (C=O) groups excluding carboxylic acids is 1. The van der Waals surface area contributed by atoms with Crippen LogP contribution < -0.4 is 10.1 Å². The summed E-state index contributed by atoms with van der Waals surface area (Å²) < 4.78 is 38.4. The Kier molecular flexibility index (Phi) is 7.89. The lowest BCUT2D eigenvalue weighted by Gasteiger charge is -2.13. The third-order valence-corrected chi connectivity index (χ3v) is 7.25. The topological polar surface area (TPSA) is 138 Å². The third-order valence-electron chi connectivity index (χ3n) is 5.56. The van der Waals surface area contributed by atoms with Crippen molar-refractivity contribution in [2.24, 2.45) is 10.2 Å². The number of benzene rings is 4. The van der Waals surface area contributed by atoms with E-state index in [2.05, 4.69) is 15.5 Å². The van der Waals surface area contributed by atoms with Crippen molar-refractivity contribution in [2.75, 3.05) is 11.9 Å². The first kappa shape index (κ1) is 27.3. The van der Waals surface area contributed by atoms with Crippen molar-refractivity contribution in [3.8, 4) is 11.5 Å². The van der Waals surface area contributed by atoms with Gasteiger partial charge in [0, 0.05) is 16.5 Å². The lowest BCUT2D eigenvalue weighted by molar-refractivity contribution is 0.102. The molecule has 0 aliphatic carbocycles. The first-order valence-electron chi connectivity index (χ1n) is 11.2. The molecule has 38 heavy (non-hydrogen) atoms. The molecule has 196 valence electrons. The number of rotatable bonds is 7. The number of amides is 1. The number of halogens is 2. The van der Waals surface area contributed by atoms with E-state index >= 15 is 0 Å². The molecule has 3 N–H and O–H groups in total. The fraction of sp³-hybridized carbons (Fsp3) is 0.115. The van der Waals surface area contributed by atoms with Gasteiger partial charge in [0.1, 0.15) is 16.3 Å². The minimum atomic E-state index is -4.57. The average molecular weight is 574 g/mol. The van der Waals surface area contributed by atoms with E-state index < -0.39 is 26.7 Å². The molecule has 4 aromatic carbocycles. The predicted octanol–water partition coefficient (Wildman–Crippen LogP) is 7.47. The van der Waals surface area contributed by atoms with Gasteiger partial charge in [-0.3, -0.25) is 9.35 Å². The van der Waals surface area contributed by atoms with Gasteiger partial charge < -0.3 is 15.2 Å². The Morgan fingerprint density at radius 1 is 1.03 bits per heavy atom. The molecule has 0 fully saturated rings. The highest BCUT2D eigenvalue weighted by molar-refractivity contribution is 7.85. The largest absolute Gasteiger partial charge is 0.505 e. The van der Waals surface area contributed by atoms with E-state index in [1.54, 1.807) is 42.5 Å². The number of anilines is 1. The summed E-state index contributed by atoms with van der Waals surface area (Å²) in [5.41, 5.74) is 0.336. The van der Waals surface area contributed by atoms with Crippen LogP contribution in [0, 0.1) is 6.92 Å². The number of azo groups is 1. The summed E-state index contributed by atoms with van der Waals surface area (Å²) in [4.78, 5) is 12.7. The summed E-state index contributed by atoms with van der Waals surface area (Å²) in [5, 5.41) is 23.2. The van der Waals surface area contributed by atoms with Gasteiger partial charge in [-0.25, -0.2) is 0 Å². The van der Waals surface area contributed by atoms with Crippen LogP contribution in [0.3, 0.4) is 0 Å². The Morgan fingerprint density at radius 2 is 1.76 bits per heavy atom. The van der Waals surface area contributed by atoms with E-state index in [0.717, 1.165) is 6.07 Å². The number of hydrogen-bond acceptors (Lipinski definition) is 7. The van der Waals surface area contributed by atoms with Crippen LogP contribution in [0.5, 0.6) is 11.5 Å². The number of fused-ring (bicyclic) bond motifs is 1. The molecule has 0 atom stereocenters. The molecule has 0 unspecified atom stereocenters. The van der Waals surface area contributed by atoms with Crippen LogP contribution in [0.25, 0.3) is 10.8 Å². The van der Waals surface area contributed by atoms with E-state index in [9.17, 15) is 22.9 Å². The maximum absolute atomic E-state index is 13.2. The second-order valence-electron chi connectivity index (χ2n) is 8.10. The van der Waals surface area contributed by atoms with Crippen LogP contribution in [0.4, 0.5) is 17.1 Å². The van der Waals surface area contributed by atoms with Gasteiger partial charge in [-0.15, -0.1) is 5.11 Å². The Hall–Kier alpha value is -3.70. The Bertz CT molecular complexity index is 1710. The monoisotopic (exact) mass is 573 g/mol. The molecular weight excluding hydrogens is 553 g/mol. The van der Waals surface area contributed by atoms with Gasteiger partial charge in [-0.2, -0.15) is 13.5 Å². The number of nitrogens with zero attached hydrogens (tertiary/aromatic N) is 2. The van der Waals surface area contributed by atoms with Crippen LogP contribution in [0.2, 0.25) is 10.0 Å². The highest BCUT2D eigenvalue weighted by Gasteiger charge is 2.20. The second kappa shape index (κ2) is 11.0. The normalized spacial score (nSPS) is 11.7. The van der Waals surface area contributed by atoms with Crippen molar-refractivity contribution in [3.05, 3.63) is 81.8 Å². The van der Waals surface area contributed by atoms with Crippen molar-refractivity contribution in [3.63, 3.8) is 0 Å². The van der Waals surface area contributed by atoms with E-state index in [1.165, 1.54) is 19.1 Å². The molecule has 0 aliphatic rings. The first-order chi connectivity index (χ1) is 18.0. The van der Waals surface area contributed by atoms with Gasteiger partial charge in [-0.05, 0) is 55.1 Å². The molecule has 0 spiro atoms. The van der Waals surface area contributed by atoms with E-state index in [1.807, 2.05) is 6.92 Å². The number of phenolic OH excluding ortho intramolecular Hbond substituents is 1. The highest BCUT2D eigenvalue weighted by atomic mass is 35.5. The predicted molar refractivity (Wildman–Crippen MR) is 146 cm³/mol. The zero-order valence-electron chi connectivity index (χ0n) is 20.1. The van der Waals surface area contributed by atoms with Crippen molar-refractivity contribution >= 4 is 67.1 Å². The van der Waals surface area contributed by atoms with Crippen LogP contribution in [0.15, 0.2) is 75.8 Å². The van der Waals surface area contributed by atoms with Gasteiger partial charge in [-0.1, -0.05) is 47.5 Å². The Balaban J connectivity index is 1.77. The van der Waals surface area contributed by atoms with Gasteiger partial charge in [0.15, 0.2) is 5.75 Å². The molecule has 0 aromatic heterocycles. The van der Waals surface area contributed by atoms with Crippen molar-refractivity contribution in [1.82, 2.24) is 0 Å². The van der Waals surface area contributed by atoms with Crippen molar-refractivity contribution in [2.45, 2.75) is 18.7 Å². The smallest absolute Gasteiger partial charge is 0.294 e. The lowest BCUT2D eigenvalue weighted by atomic mass is 10.0. The van der Waals surface area contributed by atoms with Gasteiger partial charge in [0.2, 0.25) is 0 Å². The van der Waals surface area contributed by atoms with Crippen LogP contribution >= 0.6 is 23.2 Å². The SMILES string of the molecule is CCOc1ccc(NC(=O)c2cc3ccccc3c(N=Nc3cc(Cl)c(C)c(S(=O)(=O)O)c3)c2O)c(Cl)c1. The van der Waals surface area contributed by atoms with E-state index in [4.69, 9.17) is 27.9 Å². The third kappa shape index (κ3) is 5.73. The quantitative estimate of drug-likeness (QED) is 0.155. The van der Waals surface area contributed by atoms with Gasteiger partial charge in [0.05, 0.1) is 28.6 Å². The summed E-state index contributed by atoms with van der Waals surface area (Å²) >= 11 is 12.4. The molecule has 0 saturated carbocycles. The Morgan fingerprint density at radius 3 is 2.45 bits per heavy atom. The minimum absolute atomic E-state index is 0.00716. The highest BCUT2D eigenvalue weighted by Crippen LogP contribution is 2.40. The fourth-order valence-electron chi connectivity index (χ4n) is 3.71. The minimum Gasteiger partial charge on any atom is -0.505 e. The summed E-state index contributed by atoms with van der Waals surface area (Å²) in [6, 6.07) is 15.6. The molecule has 0 radical (unpaired) electrons. The summed E-state index contributed by atoms with van der Waals surface area (Å²) in [6.45, 7) is 3.72. The van der Waals surface area contributed by atoms with Crippen molar-refractivity contribution in [1.29, 1.82) is 0 Å². The van der Waals surface area contributed by atoms with Crippen LogP contribution in [-0.4, -0.2) is 30.6 Å². The average Bonchev–Trinajstić information content (AvgIpc) is 2.86. The lowest BCUT2D eigenvalue weighted by Crippen LogP contribution is -2.12. The fourth-order valence-corrected chi connectivity index (χ4v) is 4.96. The molecular formula is C26H21Cl2N3O6S. The summed E-state index contributed by atoms with van der Waals surface area (Å²) in [7, 11) is -4.57. The maximum Gasteiger partial charge on any atom is 0.294 e. The van der Waals surface area contributed by atoms with E-state index in [0.29, 0.717) is 28.8 Å². The molecule has 0 aliphatic heterocycles. The number of carbonyl (C=O) groups is 1. The molecule has 12 heteroatoms. The zero-order chi connectivity index (χ0) is 27.6. The number of ether oxygens (including phenoxy) is 1. The zero-order valence-corrected chi connectivity index (χ0v) is 22.4. The maximum atomic E-state index is 13.2. The molecule has 1 amide bonds. The number of aromatic hydroxyl groups is 1. The van der Waals surface area contributed by atoms with Crippen LogP contribution in [-0.2, 0) is 10.1 Å². The number of phenols is 1. The van der Waals surface area contributed by atoms with Crippen LogP contribution in [0.1, 0.15) is 22.8 Å². The molecule has 0 saturated heterocycles. The molecule has 4 rings (SSSR count). The Labute approximate surface area is 228 Å².